The number of carboxylic acids is 1. The van der Waals surface area contributed by atoms with Gasteiger partial charge in [-0.05, 0) is 51.7 Å². The van der Waals surface area contributed by atoms with E-state index >= 15 is 0 Å². The van der Waals surface area contributed by atoms with E-state index in [2.05, 4.69) is 36.1 Å². The number of amides is 1. The Morgan fingerprint density at radius 3 is 2.12 bits per heavy atom. The normalized spacial score (nSPS) is 13.4. The van der Waals surface area contributed by atoms with Crippen molar-refractivity contribution in [1.82, 2.24) is 9.80 Å². The van der Waals surface area contributed by atoms with Crippen molar-refractivity contribution in [1.29, 1.82) is 0 Å². The summed E-state index contributed by atoms with van der Waals surface area (Å²) in [6.07, 6.45) is 1.01. The summed E-state index contributed by atoms with van der Waals surface area (Å²) in [4.78, 5) is 27.9. The van der Waals surface area contributed by atoms with E-state index in [0.29, 0.717) is 25.9 Å². The molecule has 2 rings (SSSR count). The molecule has 0 fully saturated rings. The molecular weight excluding hydrogens is 416 g/mol. The number of nitrogens with zero attached hydrogens (tertiary/aromatic N) is 2. The van der Waals surface area contributed by atoms with Gasteiger partial charge in [-0.3, -0.25) is 9.69 Å². The highest BCUT2D eigenvalue weighted by atomic mass is 16.6. The summed E-state index contributed by atoms with van der Waals surface area (Å²) in [7, 11) is 1.72. The molecule has 1 amide bonds. The Morgan fingerprint density at radius 1 is 1.00 bits per heavy atom. The minimum atomic E-state index is -0.821. The molecule has 2 aromatic carbocycles. The fourth-order valence-corrected chi connectivity index (χ4v) is 3.88. The van der Waals surface area contributed by atoms with Gasteiger partial charge in [-0.25, -0.2) is 4.79 Å². The van der Waals surface area contributed by atoms with Crippen molar-refractivity contribution in [3.8, 4) is 0 Å². The lowest BCUT2D eigenvalue weighted by atomic mass is 9.98. The van der Waals surface area contributed by atoms with Gasteiger partial charge in [0.05, 0.1) is 6.42 Å². The molecule has 2 atom stereocenters. The Bertz CT molecular complexity index is 865. The average molecular weight is 455 g/mol. The van der Waals surface area contributed by atoms with E-state index in [0.717, 1.165) is 11.1 Å². The van der Waals surface area contributed by atoms with Crippen LogP contribution < -0.4 is 0 Å². The minimum absolute atomic E-state index is 0.0411. The van der Waals surface area contributed by atoms with E-state index in [-0.39, 0.29) is 24.6 Å². The number of benzene rings is 2. The molecule has 6 heteroatoms. The summed E-state index contributed by atoms with van der Waals surface area (Å²) in [6, 6.07) is 20.2. The highest BCUT2D eigenvalue weighted by molar-refractivity contribution is 5.68. The number of rotatable bonds is 11. The number of ether oxygens (including phenoxy) is 1. The van der Waals surface area contributed by atoms with Crippen LogP contribution in [0.25, 0.3) is 0 Å². The van der Waals surface area contributed by atoms with Crippen molar-refractivity contribution in [2.24, 2.45) is 0 Å². The standard InChI is InChI=1S/C27H38N2O4/c1-21(23-15-10-7-11-16-23)29(20-22-13-8-6-9-14-22)24(19-25(30)31)17-12-18-28(5)26(32)33-27(2,3)4/h6-11,13-16,21,24H,12,17-20H2,1-5H3,(H,30,31). The van der Waals surface area contributed by atoms with E-state index < -0.39 is 11.6 Å². The summed E-state index contributed by atoms with van der Waals surface area (Å²) in [5.74, 6) is -0.821. The second-order valence-corrected chi connectivity index (χ2v) is 9.54. The van der Waals surface area contributed by atoms with Crippen molar-refractivity contribution in [2.75, 3.05) is 13.6 Å². The first-order valence-electron chi connectivity index (χ1n) is 11.6. The molecule has 0 heterocycles. The molecule has 0 spiro atoms. The summed E-state index contributed by atoms with van der Waals surface area (Å²) in [5, 5.41) is 9.66. The molecule has 0 bridgehead atoms. The maximum Gasteiger partial charge on any atom is 0.410 e. The number of hydrogen-bond acceptors (Lipinski definition) is 4. The van der Waals surface area contributed by atoms with Gasteiger partial charge in [0.15, 0.2) is 0 Å². The van der Waals surface area contributed by atoms with Crippen LogP contribution in [0, 0.1) is 0 Å². The van der Waals surface area contributed by atoms with Crippen molar-refractivity contribution >= 4 is 12.1 Å². The molecule has 180 valence electrons. The average Bonchev–Trinajstić information content (AvgIpc) is 2.76. The largest absolute Gasteiger partial charge is 0.481 e. The van der Waals surface area contributed by atoms with Crippen LogP contribution in [0.1, 0.15) is 64.1 Å². The predicted molar refractivity (Wildman–Crippen MR) is 131 cm³/mol. The lowest BCUT2D eigenvalue weighted by Crippen LogP contribution is -2.39. The van der Waals surface area contributed by atoms with Crippen LogP contribution in [0.3, 0.4) is 0 Å². The second kappa shape index (κ2) is 12.4. The van der Waals surface area contributed by atoms with Crippen LogP contribution in [0.15, 0.2) is 60.7 Å². The van der Waals surface area contributed by atoms with Crippen molar-refractivity contribution in [2.45, 2.75) is 71.2 Å². The van der Waals surface area contributed by atoms with Gasteiger partial charge in [0, 0.05) is 32.2 Å². The molecule has 1 N–H and O–H groups in total. The first kappa shape index (κ1) is 26.4. The van der Waals surface area contributed by atoms with Gasteiger partial charge < -0.3 is 14.7 Å². The van der Waals surface area contributed by atoms with Gasteiger partial charge in [0.2, 0.25) is 0 Å². The summed E-state index contributed by atoms with van der Waals surface area (Å²) >= 11 is 0. The third-order valence-electron chi connectivity index (χ3n) is 5.60. The zero-order valence-corrected chi connectivity index (χ0v) is 20.5. The highest BCUT2D eigenvalue weighted by Crippen LogP contribution is 2.28. The lowest BCUT2D eigenvalue weighted by Gasteiger charge is -2.37. The van der Waals surface area contributed by atoms with Crippen LogP contribution in [0.2, 0.25) is 0 Å². The number of carbonyl (C=O) groups excluding carboxylic acids is 1. The third-order valence-corrected chi connectivity index (χ3v) is 5.60. The van der Waals surface area contributed by atoms with Gasteiger partial charge in [0.25, 0.3) is 0 Å². The lowest BCUT2D eigenvalue weighted by molar-refractivity contribution is -0.138. The Morgan fingerprint density at radius 2 is 1.58 bits per heavy atom. The van der Waals surface area contributed by atoms with E-state index in [9.17, 15) is 14.7 Å². The van der Waals surface area contributed by atoms with Gasteiger partial charge in [-0.1, -0.05) is 60.7 Å². The Kier molecular flexibility index (Phi) is 9.92. The fraction of sp³-hybridized carbons (Fsp3) is 0.481. The zero-order valence-electron chi connectivity index (χ0n) is 20.5. The molecular formula is C27H38N2O4. The molecule has 0 aromatic heterocycles. The van der Waals surface area contributed by atoms with Crippen LogP contribution in [0.4, 0.5) is 4.79 Å². The molecule has 0 aliphatic carbocycles. The number of hydrogen-bond donors (Lipinski definition) is 1. The van der Waals surface area contributed by atoms with E-state index in [1.54, 1.807) is 11.9 Å². The maximum atomic E-state index is 12.3. The van der Waals surface area contributed by atoms with Crippen LogP contribution in [-0.2, 0) is 16.1 Å². The summed E-state index contributed by atoms with van der Waals surface area (Å²) < 4.78 is 5.43. The summed E-state index contributed by atoms with van der Waals surface area (Å²) in [6.45, 7) is 8.80. The minimum Gasteiger partial charge on any atom is -0.481 e. The highest BCUT2D eigenvalue weighted by Gasteiger charge is 2.27. The molecule has 0 saturated heterocycles. The first-order chi connectivity index (χ1) is 15.6. The van der Waals surface area contributed by atoms with E-state index in [4.69, 9.17) is 4.74 Å². The molecule has 6 nitrogen and oxygen atoms in total. The number of carboxylic acid groups (broad SMARTS) is 1. The first-order valence-corrected chi connectivity index (χ1v) is 11.6. The molecule has 33 heavy (non-hydrogen) atoms. The third kappa shape index (κ3) is 9.26. The van der Waals surface area contributed by atoms with Gasteiger partial charge in [0.1, 0.15) is 5.60 Å². The Hall–Kier alpha value is -2.86. The Balaban J connectivity index is 2.17. The van der Waals surface area contributed by atoms with Crippen molar-refractivity contribution in [3.63, 3.8) is 0 Å². The molecule has 0 saturated carbocycles. The fourth-order valence-electron chi connectivity index (χ4n) is 3.88. The summed E-state index contributed by atoms with van der Waals surface area (Å²) in [5.41, 5.74) is 1.74. The topological polar surface area (TPSA) is 70.1 Å². The van der Waals surface area contributed by atoms with Crippen LogP contribution in [0.5, 0.6) is 0 Å². The molecule has 2 aromatic rings. The van der Waals surface area contributed by atoms with Crippen molar-refractivity contribution in [3.05, 3.63) is 71.8 Å². The molecule has 0 aliphatic rings. The van der Waals surface area contributed by atoms with Crippen LogP contribution >= 0.6 is 0 Å². The van der Waals surface area contributed by atoms with Gasteiger partial charge in [-0.2, -0.15) is 0 Å². The number of aliphatic carboxylic acids is 1. The molecule has 2 unspecified atom stereocenters. The van der Waals surface area contributed by atoms with Crippen molar-refractivity contribution < 1.29 is 19.4 Å². The molecule has 0 radical (unpaired) electrons. The van der Waals surface area contributed by atoms with E-state index in [1.165, 1.54) is 0 Å². The predicted octanol–water partition coefficient (Wildman–Crippen LogP) is 5.74. The van der Waals surface area contributed by atoms with E-state index in [1.807, 2.05) is 57.2 Å². The molecule has 0 aliphatic heterocycles. The zero-order chi connectivity index (χ0) is 24.4. The van der Waals surface area contributed by atoms with Crippen LogP contribution in [-0.4, -0.2) is 52.2 Å². The SMILES string of the molecule is CC(c1ccccc1)N(Cc1ccccc1)C(CCCN(C)C(=O)OC(C)(C)C)CC(=O)O. The quantitative estimate of drug-likeness (QED) is 0.469. The smallest absolute Gasteiger partial charge is 0.410 e. The van der Waals surface area contributed by atoms with Gasteiger partial charge in [-0.15, -0.1) is 0 Å². The monoisotopic (exact) mass is 454 g/mol. The van der Waals surface area contributed by atoms with Gasteiger partial charge >= 0.3 is 12.1 Å². The number of carbonyl (C=O) groups is 2. The second-order valence-electron chi connectivity index (χ2n) is 9.54. The maximum absolute atomic E-state index is 12.3. The Labute approximate surface area is 198 Å².